The molecule has 112 valence electrons. The standard InChI is InChI=1S/C17H21NO3/c1-13-14(7-5-10-19)6-4-9-16(13)17(20)18-12-15-8-2-3-11-21-15/h4,6,9,15,19H,2-3,8,10-12H2,1H3,(H,18,20). The first-order valence-corrected chi connectivity index (χ1v) is 7.31. The van der Waals surface area contributed by atoms with E-state index in [2.05, 4.69) is 17.2 Å². The highest BCUT2D eigenvalue weighted by Gasteiger charge is 2.16. The Labute approximate surface area is 125 Å². The van der Waals surface area contributed by atoms with E-state index >= 15 is 0 Å². The summed E-state index contributed by atoms with van der Waals surface area (Å²) in [6.45, 7) is 3.01. The van der Waals surface area contributed by atoms with E-state index in [4.69, 9.17) is 9.84 Å². The lowest BCUT2D eigenvalue weighted by Gasteiger charge is -2.22. The van der Waals surface area contributed by atoms with Crippen LogP contribution in [0.4, 0.5) is 0 Å². The first-order valence-electron chi connectivity index (χ1n) is 7.31. The van der Waals surface area contributed by atoms with E-state index in [1.165, 1.54) is 0 Å². The quantitative estimate of drug-likeness (QED) is 0.831. The van der Waals surface area contributed by atoms with Crippen molar-refractivity contribution in [3.05, 3.63) is 34.9 Å². The van der Waals surface area contributed by atoms with Crippen molar-refractivity contribution >= 4 is 5.91 Å². The predicted octanol–water partition coefficient (Wildman–Crippen LogP) is 1.64. The lowest BCUT2D eigenvalue weighted by molar-refractivity contribution is 0.0169. The maximum atomic E-state index is 12.3. The number of benzene rings is 1. The van der Waals surface area contributed by atoms with Crippen LogP contribution < -0.4 is 5.32 Å². The molecule has 4 heteroatoms. The highest BCUT2D eigenvalue weighted by Crippen LogP contribution is 2.14. The topological polar surface area (TPSA) is 58.6 Å². The third-order valence-corrected chi connectivity index (χ3v) is 3.64. The molecule has 1 heterocycles. The Bertz CT molecular complexity index is 551. The fourth-order valence-corrected chi connectivity index (χ4v) is 2.42. The number of carbonyl (C=O) groups is 1. The van der Waals surface area contributed by atoms with Crippen molar-refractivity contribution in [1.29, 1.82) is 0 Å². The molecule has 1 amide bonds. The Balaban J connectivity index is 2.01. The molecular formula is C17H21NO3. The molecule has 21 heavy (non-hydrogen) atoms. The number of carbonyl (C=O) groups excluding carboxylic acids is 1. The van der Waals surface area contributed by atoms with Crippen molar-refractivity contribution in [3.8, 4) is 11.8 Å². The predicted molar refractivity (Wildman–Crippen MR) is 81.1 cm³/mol. The van der Waals surface area contributed by atoms with Gasteiger partial charge in [0.25, 0.3) is 5.91 Å². The SMILES string of the molecule is Cc1c(C#CCO)cccc1C(=O)NCC1CCCCO1. The highest BCUT2D eigenvalue weighted by molar-refractivity contribution is 5.96. The summed E-state index contributed by atoms with van der Waals surface area (Å²) >= 11 is 0. The smallest absolute Gasteiger partial charge is 0.251 e. The molecule has 4 nitrogen and oxygen atoms in total. The molecule has 0 bridgehead atoms. The molecule has 1 aliphatic rings. The van der Waals surface area contributed by atoms with E-state index < -0.39 is 0 Å². The zero-order chi connectivity index (χ0) is 15.1. The first kappa shape index (κ1) is 15.6. The average molecular weight is 287 g/mol. The van der Waals surface area contributed by atoms with Crippen molar-refractivity contribution < 1.29 is 14.6 Å². The van der Waals surface area contributed by atoms with Gasteiger partial charge in [-0.3, -0.25) is 4.79 Å². The van der Waals surface area contributed by atoms with Gasteiger partial charge in [-0.25, -0.2) is 0 Å². The molecule has 0 aliphatic carbocycles. The van der Waals surface area contributed by atoms with Crippen molar-refractivity contribution in [3.63, 3.8) is 0 Å². The van der Waals surface area contributed by atoms with Crippen LogP contribution in [0, 0.1) is 18.8 Å². The van der Waals surface area contributed by atoms with Crippen LogP contribution in [0.2, 0.25) is 0 Å². The Morgan fingerprint density at radius 3 is 3.05 bits per heavy atom. The molecule has 2 N–H and O–H groups in total. The molecule has 1 aromatic rings. The summed E-state index contributed by atoms with van der Waals surface area (Å²) in [5.41, 5.74) is 2.22. The third-order valence-electron chi connectivity index (χ3n) is 3.64. The Kier molecular flexibility index (Phi) is 5.79. The molecule has 0 saturated carbocycles. The van der Waals surface area contributed by atoms with Crippen molar-refractivity contribution in [1.82, 2.24) is 5.32 Å². The number of amides is 1. The van der Waals surface area contributed by atoms with Crippen molar-refractivity contribution in [2.24, 2.45) is 0 Å². The van der Waals surface area contributed by atoms with Gasteiger partial charge in [0.05, 0.1) is 6.10 Å². The monoisotopic (exact) mass is 287 g/mol. The molecule has 0 radical (unpaired) electrons. The minimum absolute atomic E-state index is 0.102. The van der Waals surface area contributed by atoms with Crippen LogP contribution in [0.15, 0.2) is 18.2 Å². The van der Waals surface area contributed by atoms with Crippen LogP contribution in [0.25, 0.3) is 0 Å². The van der Waals surface area contributed by atoms with Crippen LogP contribution in [0.1, 0.15) is 40.7 Å². The number of hydrogen-bond donors (Lipinski definition) is 2. The summed E-state index contributed by atoms with van der Waals surface area (Å²) in [5.74, 6) is 5.37. The molecule has 1 saturated heterocycles. The second-order valence-corrected chi connectivity index (χ2v) is 5.14. The third kappa shape index (κ3) is 4.32. The van der Waals surface area contributed by atoms with Gasteiger partial charge >= 0.3 is 0 Å². The normalized spacial score (nSPS) is 17.7. The average Bonchev–Trinajstić information content (AvgIpc) is 2.52. The molecule has 1 atom stereocenters. The zero-order valence-electron chi connectivity index (χ0n) is 12.3. The van der Waals surface area contributed by atoms with Gasteiger partial charge in [-0.15, -0.1) is 0 Å². The lowest BCUT2D eigenvalue weighted by atomic mass is 10.0. The molecule has 0 aromatic heterocycles. The molecule has 1 fully saturated rings. The van der Waals surface area contributed by atoms with E-state index in [9.17, 15) is 4.79 Å². The maximum Gasteiger partial charge on any atom is 0.251 e. The van der Waals surface area contributed by atoms with Crippen LogP contribution in [0.5, 0.6) is 0 Å². The zero-order valence-corrected chi connectivity index (χ0v) is 12.3. The molecule has 2 rings (SSSR count). The van der Waals surface area contributed by atoms with Crippen LogP contribution >= 0.6 is 0 Å². The number of rotatable bonds is 3. The number of ether oxygens (including phenoxy) is 1. The summed E-state index contributed by atoms with van der Waals surface area (Å²) in [6, 6.07) is 5.44. The van der Waals surface area contributed by atoms with Gasteiger partial charge in [0.2, 0.25) is 0 Å². The highest BCUT2D eigenvalue weighted by atomic mass is 16.5. The van der Waals surface area contributed by atoms with Gasteiger partial charge in [0.15, 0.2) is 0 Å². The van der Waals surface area contributed by atoms with Gasteiger partial charge in [-0.05, 0) is 43.9 Å². The minimum Gasteiger partial charge on any atom is -0.384 e. The number of hydrogen-bond acceptors (Lipinski definition) is 3. The largest absolute Gasteiger partial charge is 0.384 e. The van der Waals surface area contributed by atoms with Gasteiger partial charge in [-0.1, -0.05) is 17.9 Å². The molecule has 1 aromatic carbocycles. The first-order chi connectivity index (χ1) is 10.2. The fourth-order valence-electron chi connectivity index (χ4n) is 2.42. The second-order valence-electron chi connectivity index (χ2n) is 5.14. The van der Waals surface area contributed by atoms with Gasteiger partial charge in [0.1, 0.15) is 6.61 Å². The van der Waals surface area contributed by atoms with E-state index in [0.29, 0.717) is 12.1 Å². The van der Waals surface area contributed by atoms with E-state index in [1.807, 2.05) is 13.0 Å². The van der Waals surface area contributed by atoms with Gasteiger partial charge < -0.3 is 15.2 Å². The Hall–Kier alpha value is -1.83. The van der Waals surface area contributed by atoms with Crippen molar-refractivity contribution in [2.45, 2.75) is 32.3 Å². The Morgan fingerprint density at radius 1 is 1.48 bits per heavy atom. The maximum absolute atomic E-state index is 12.3. The fraction of sp³-hybridized carbons (Fsp3) is 0.471. The second kappa shape index (κ2) is 7.82. The number of aliphatic hydroxyl groups is 1. The summed E-state index contributed by atoms with van der Waals surface area (Å²) in [5, 5.41) is 11.7. The number of aliphatic hydroxyl groups excluding tert-OH is 1. The lowest BCUT2D eigenvalue weighted by Crippen LogP contribution is -2.35. The van der Waals surface area contributed by atoms with Crippen LogP contribution in [-0.4, -0.2) is 36.9 Å². The van der Waals surface area contributed by atoms with E-state index in [1.54, 1.807) is 12.1 Å². The van der Waals surface area contributed by atoms with Gasteiger partial charge in [0, 0.05) is 24.3 Å². The summed E-state index contributed by atoms with van der Waals surface area (Å²) in [4.78, 5) is 12.3. The summed E-state index contributed by atoms with van der Waals surface area (Å²) in [7, 11) is 0. The Morgan fingerprint density at radius 2 is 2.33 bits per heavy atom. The van der Waals surface area contributed by atoms with Gasteiger partial charge in [-0.2, -0.15) is 0 Å². The van der Waals surface area contributed by atoms with Crippen molar-refractivity contribution in [2.75, 3.05) is 19.8 Å². The number of nitrogens with one attached hydrogen (secondary N) is 1. The van der Waals surface area contributed by atoms with Crippen LogP contribution in [-0.2, 0) is 4.74 Å². The molecule has 1 unspecified atom stereocenters. The van der Waals surface area contributed by atoms with E-state index in [-0.39, 0.29) is 18.6 Å². The van der Waals surface area contributed by atoms with E-state index in [0.717, 1.165) is 37.0 Å². The molecule has 0 spiro atoms. The summed E-state index contributed by atoms with van der Waals surface area (Å²) in [6.07, 6.45) is 3.39. The minimum atomic E-state index is -0.186. The molecular weight excluding hydrogens is 266 g/mol. The van der Waals surface area contributed by atoms with Crippen LogP contribution in [0.3, 0.4) is 0 Å². The summed E-state index contributed by atoms with van der Waals surface area (Å²) < 4.78 is 5.61. The molecule has 1 aliphatic heterocycles.